The number of amides is 1. The maximum Gasteiger partial charge on any atom is 0.251 e. The second-order valence-electron chi connectivity index (χ2n) is 5.20. The number of aryl methyl sites for hydroxylation is 2. The monoisotopic (exact) mass is 303 g/mol. The lowest BCUT2D eigenvalue weighted by atomic mass is 10.2. The van der Waals surface area contributed by atoms with Crippen LogP contribution in [0.1, 0.15) is 25.9 Å². The maximum atomic E-state index is 12.0. The predicted molar refractivity (Wildman–Crippen MR) is 88.4 cm³/mol. The molecule has 0 radical (unpaired) electrons. The molecule has 0 fully saturated rings. The Hall–Kier alpha value is -1.88. The van der Waals surface area contributed by atoms with Crippen LogP contribution in [0, 0.1) is 13.8 Å². The van der Waals surface area contributed by atoms with E-state index in [0.717, 1.165) is 22.8 Å². The van der Waals surface area contributed by atoms with Crippen LogP contribution < -0.4 is 10.2 Å². The molecule has 0 aliphatic carbocycles. The molecule has 1 heterocycles. The van der Waals surface area contributed by atoms with Gasteiger partial charge in [0.25, 0.3) is 5.91 Å². The molecule has 4 nitrogen and oxygen atoms in total. The molecule has 0 aliphatic heterocycles. The van der Waals surface area contributed by atoms with Crippen LogP contribution in [0.15, 0.2) is 24.3 Å². The summed E-state index contributed by atoms with van der Waals surface area (Å²) in [6.45, 7) is 4.70. The Kier molecular flexibility index (Phi) is 4.96. The summed E-state index contributed by atoms with van der Waals surface area (Å²) in [5, 5.41) is 4.02. The van der Waals surface area contributed by atoms with Gasteiger partial charge in [0.15, 0.2) is 0 Å². The van der Waals surface area contributed by atoms with Gasteiger partial charge in [0.05, 0.1) is 10.7 Å². The van der Waals surface area contributed by atoms with Crippen molar-refractivity contribution in [1.29, 1.82) is 0 Å². The fraction of sp³-hybridized carbons (Fsp3) is 0.375. The number of hydrogen-bond donors (Lipinski definition) is 1. The Labute approximate surface area is 129 Å². The Morgan fingerprint density at radius 3 is 2.43 bits per heavy atom. The highest BCUT2D eigenvalue weighted by atomic mass is 32.1. The summed E-state index contributed by atoms with van der Waals surface area (Å²) in [4.78, 5) is 19.8. The number of carbonyl (C=O) groups is 1. The van der Waals surface area contributed by atoms with Crippen molar-refractivity contribution in [1.82, 2.24) is 10.3 Å². The van der Waals surface area contributed by atoms with Crippen molar-refractivity contribution in [3.05, 3.63) is 45.4 Å². The number of nitrogens with zero attached hydrogens (tertiary/aromatic N) is 2. The quantitative estimate of drug-likeness (QED) is 0.924. The molecule has 1 aromatic heterocycles. The minimum atomic E-state index is -0.0368. The Morgan fingerprint density at radius 1 is 1.24 bits per heavy atom. The van der Waals surface area contributed by atoms with Crippen LogP contribution in [0.2, 0.25) is 0 Å². The first-order chi connectivity index (χ1) is 9.97. The number of aromatic nitrogens is 1. The van der Waals surface area contributed by atoms with Gasteiger partial charge in [-0.3, -0.25) is 4.79 Å². The molecule has 0 saturated carbocycles. The van der Waals surface area contributed by atoms with E-state index in [1.54, 1.807) is 11.3 Å². The normalized spacial score (nSPS) is 10.5. The summed E-state index contributed by atoms with van der Waals surface area (Å²) in [6.07, 6.45) is 0.779. The zero-order valence-electron chi connectivity index (χ0n) is 12.9. The average Bonchev–Trinajstić information content (AvgIpc) is 2.77. The van der Waals surface area contributed by atoms with Crippen LogP contribution in [0.4, 0.5) is 5.69 Å². The van der Waals surface area contributed by atoms with Gasteiger partial charge in [0.2, 0.25) is 0 Å². The van der Waals surface area contributed by atoms with Crippen LogP contribution in [-0.2, 0) is 6.42 Å². The molecule has 0 spiro atoms. The zero-order valence-corrected chi connectivity index (χ0v) is 13.8. The molecular weight excluding hydrogens is 282 g/mol. The van der Waals surface area contributed by atoms with Gasteiger partial charge in [-0.15, -0.1) is 11.3 Å². The van der Waals surface area contributed by atoms with Crippen molar-refractivity contribution >= 4 is 22.9 Å². The maximum absolute atomic E-state index is 12.0. The van der Waals surface area contributed by atoms with Crippen LogP contribution in [0.5, 0.6) is 0 Å². The molecule has 21 heavy (non-hydrogen) atoms. The highest BCUT2D eigenvalue weighted by Gasteiger charge is 2.07. The summed E-state index contributed by atoms with van der Waals surface area (Å²) < 4.78 is 0. The van der Waals surface area contributed by atoms with Gasteiger partial charge in [-0.1, -0.05) is 0 Å². The number of thiazole rings is 1. The van der Waals surface area contributed by atoms with Gasteiger partial charge in [-0.05, 0) is 38.1 Å². The first kappa shape index (κ1) is 15.5. The van der Waals surface area contributed by atoms with Gasteiger partial charge < -0.3 is 10.2 Å². The highest BCUT2D eigenvalue weighted by molar-refractivity contribution is 7.11. The minimum absolute atomic E-state index is 0.0368. The lowest BCUT2D eigenvalue weighted by molar-refractivity contribution is 0.0954. The Bertz CT molecular complexity index is 597. The van der Waals surface area contributed by atoms with E-state index >= 15 is 0 Å². The number of anilines is 1. The summed E-state index contributed by atoms with van der Waals surface area (Å²) in [5.41, 5.74) is 2.85. The molecule has 2 rings (SSSR count). The van der Waals surface area contributed by atoms with Crippen LogP contribution in [-0.4, -0.2) is 31.5 Å². The molecule has 1 amide bonds. The molecule has 5 heteroatoms. The molecule has 0 unspecified atom stereocenters. The van der Waals surface area contributed by atoms with Crippen LogP contribution >= 0.6 is 11.3 Å². The van der Waals surface area contributed by atoms with Gasteiger partial charge in [0.1, 0.15) is 0 Å². The third kappa shape index (κ3) is 4.04. The largest absolute Gasteiger partial charge is 0.378 e. The molecule has 0 saturated heterocycles. The van der Waals surface area contributed by atoms with E-state index in [9.17, 15) is 4.79 Å². The summed E-state index contributed by atoms with van der Waals surface area (Å²) >= 11 is 1.70. The lowest BCUT2D eigenvalue weighted by Gasteiger charge is -2.12. The van der Waals surface area contributed by atoms with Crippen molar-refractivity contribution < 1.29 is 4.79 Å². The minimum Gasteiger partial charge on any atom is -0.378 e. The zero-order chi connectivity index (χ0) is 15.4. The van der Waals surface area contributed by atoms with E-state index in [4.69, 9.17) is 0 Å². The van der Waals surface area contributed by atoms with Crippen molar-refractivity contribution in [2.45, 2.75) is 20.3 Å². The third-order valence-electron chi connectivity index (χ3n) is 3.34. The second kappa shape index (κ2) is 6.72. The van der Waals surface area contributed by atoms with Crippen molar-refractivity contribution in [3.8, 4) is 0 Å². The molecule has 0 bridgehead atoms. The first-order valence-electron chi connectivity index (χ1n) is 6.96. The fourth-order valence-corrected chi connectivity index (χ4v) is 2.88. The van der Waals surface area contributed by atoms with E-state index < -0.39 is 0 Å². The Morgan fingerprint density at radius 2 is 1.90 bits per heavy atom. The SMILES string of the molecule is Cc1nc(CCNC(=O)c2ccc(N(C)C)cc2)sc1C. The molecular formula is C16H21N3OS. The lowest BCUT2D eigenvalue weighted by Crippen LogP contribution is -2.25. The van der Waals surface area contributed by atoms with E-state index in [2.05, 4.69) is 17.2 Å². The van der Waals surface area contributed by atoms with Crippen molar-refractivity contribution in [3.63, 3.8) is 0 Å². The van der Waals surface area contributed by atoms with Gasteiger partial charge in [-0.2, -0.15) is 0 Å². The van der Waals surface area contributed by atoms with E-state index in [1.165, 1.54) is 4.88 Å². The average molecular weight is 303 g/mol. The molecule has 0 aliphatic rings. The van der Waals surface area contributed by atoms with Gasteiger partial charge in [0, 0.05) is 43.2 Å². The predicted octanol–water partition coefficient (Wildman–Crippen LogP) is 2.80. The first-order valence-corrected chi connectivity index (χ1v) is 7.77. The topological polar surface area (TPSA) is 45.2 Å². The molecule has 1 aromatic carbocycles. The summed E-state index contributed by atoms with van der Waals surface area (Å²) in [6, 6.07) is 7.59. The Balaban J connectivity index is 1.86. The highest BCUT2D eigenvalue weighted by Crippen LogP contribution is 2.16. The number of rotatable bonds is 5. The molecule has 1 N–H and O–H groups in total. The van der Waals surface area contributed by atoms with Crippen molar-refractivity contribution in [2.75, 3.05) is 25.5 Å². The van der Waals surface area contributed by atoms with E-state index in [1.807, 2.05) is 50.2 Å². The number of nitrogens with one attached hydrogen (secondary N) is 1. The molecule has 112 valence electrons. The number of benzene rings is 1. The second-order valence-corrected chi connectivity index (χ2v) is 6.48. The molecule has 0 atom stereocenters. The third-order valence-corrected chi connectivity index (χ3v) is 4.48. The van der Waals surface area contributed by atoms with Crippen LogP contribution in [0.25, 0.3) is 0 Å². The number of hydrogen-bond acceptors (Lipinski definition) is 4. The molecule has 2 aromatic rings. The summed E-state index contributed by atoms with van der Waals surface area (Å²) in [5.74, 6) is -0.0368. The fourth-order valence-electron chi connectivity index (χ4n) is 1.94. The van der Waals surface area contributed by atoms with Crippen LogP contribution in [0.3, 0.4) is 0 Å². The van der Waals surface area contributed by atoms with E-state index in [0.29, 0.717) is 12.1 Å². The van der Waals surface area contributed by atoms with Gasteiger partial charge in [-0.25, -0.2) is 4.98 Å². The standard InChI is InChI=1S/C16H21N3OS/c1-11-12(2)21-15(18-11)9-10-17-16(20)13-5-7-14(8-6-13)19(3)4/h5-8H,9-10H2,1-4H3,(H,17,20). The van der Waals surface area contributed by atoms with E-state index in [-0.39, 0.29) is 5.91 Å². The number of carbonyl (C=O) groups excluding carboxylic acids is 1. The smallest absolute Gasteiger partial charge is 0.251 e. The van der Waals surface area contributed by atoms with Crippen molar-refractivity contribution in [2.24, 2.45) is 0 Å². The van der Waals surface area contributed by atoms with Gasteiger partial charge >= 0.3 is 0 Å². The summed E-state index contributed by atoms with van der Waals surface area (Å²) in [7, 11) is 3.96.